The Balaban J connectivity index is 1.39. The summed E-state index contributed by atoms with van der Waals surface area (Å²) in [4.78, 5) is 37.1. The third kappa shape index (κ3) is 5.74. The number of amides is 3. The molecule has 0 saturated carbocycles. The molecule has 1 heterocycles. The van der Waals surface area contributed by atoms with E-state index in [2.05, 4.69) is 21.3 Å². The van der Waals surface area contributed by atoms with Gasteiger partial charge in [-0.1, -0.05) is 78.9 Å². The van der Waals surface area contributed by atoms with Gasteiger partial charge in [0.15, 0.2) is 0 Å². The zero-order valence-electron chi connectivity index (χ0n) is 18.3. The molecule has 34 heavy (non-hydrogen) atoms. The molecule has 0 bridgehead atoms. The molecule has 4 rings (SSSR count). The molecule has 3 N–H and O–H groups in total. The van der Waals surface area contributed by atoms with Crippen LogP contribution in [0.5, 0.6) is 0 Å². The lowest BCUT2D eigenvalue weighted by Gasteiger charge is -2.09. The molecule has 3 aromatic carbocycles. The van der Waals surface area contributed by atoms with E-state index in [1.807, 2.05) is 91.0 Å². The summed E-state index contributed by atoms with van der Waals surface area (Å²) in [6.45, 7) is -0.263. The van der Waals surface area contributed by atoms with Gasteiger partial charge in [0.05, 0.1) is 24.2 Å². The third-order valence-corrected chi connectivity index (χ3v) is 5.00. The summed E-state index contributed by atoms with van der Waals surface area (Å²) in [7, 11) is 0. The first-order chi connectivity index (χ1) is 16.6. The second kappa shape index (κ2) is 10.7. The first kappa shape index (κ1) is 22.5. The van der Waals surface area contributed by atoms with Gasteiger partial charge < -0.3 is 5.32 Å². The van der Waals surface area contributed by atoms with E-state index in [4.69, 9.17) is 0 Å². The van der Waals surface area contributed by atoms with Crippen LogP contribution >= 0.6 is 0 Å². The minimum absolute atomic E-state index is 0.166. The van der Waals surface area contributed by atoms with Crippen LogP contribution in [0.2, 0.25) is 0 Å². The van der Waals surface area contributed by atoms with Gasteiger partial charge in [-0.2, -0.15) is 5.10 Å². The average molecular weight is 454 g/mol. The van der Waals surface area contributed by atoms with Gasteiger partial charge >= 0.3 is 0 Å². The summed E-state index contributed by atoms with van der Waals surface area (Å²) in [5.74, 6) is -1.36. The number of hydrazine groups is 1. The standard InChI is InChI=1S/C26H23N5O3/c32-23(16-19-10-4-1-5-11-19)27-17-24(33)28-29-26(34)22-18-31(21-14-8-3-9-15-21)30-25(22)20-12-6-2-7-13-20/h1-15,18H,16-17H2,(H,27,32)(H,28,33)(H,29,34). The minimum Gasteiger partial charge on any atom is -0.347 e. The maximum atomic E-state index is 12.9. The molecule has 170 valence electrons. The van der Waals surface area contributed by atoms with Crippen molar-refractivity contribution < 1.29 is 14.4 Å². The summed E-state index contributed by atoms with van der Waals surface area (Å²) < 4.78 is 1.61. The second-order valence-electron chi connectivity index (χ2n) is 7.48. The van der Waals surface area contributed by atoms with E-state index in [1.54, 1.807) is 10.9 Å². The highest BCUT2D eigenvalue weighted by Gasteiger charge is 2.19. The van der Waals surface area contributed by atoms with Crippen molar-refractivity contribution in [1.82, 2.24) is 25.9 Å². The smallest absolute Gasteiger partial charge is 0.273 e. The van der Waals surface area contributed by atoms with Crippen molar-refractivity contribution in [3.63, 3.8) is 0 Å². The van der Waals surface area contributed by atoms with E-state index in [0.29, 0.717) is 11.3 Å². The highest BCUT2D eigenvalue weighted by molar-refractivity contribution is 6.00. The molecule has 0 radical (unpaired) electrons. The zero-order valence-corrected chi connectivity index (χ0v) is 18.3. The van der Waals surface area contributed by atoms with Gasteiger partial charge in [0, 0.05) is 11.8 Å². The Hall–Kier alpha value is -4.72. The van der Waals surface area contributed by atoms with Crippen LogP contribution in [-0.2, 0) is 16.0 Å². The van der Waals surface area contributed by atoms with E-state index < -0.39 is 11.8 Å². The van der Waals surface area contributed by atoms with Crippen LogP contribution in [0.25, 0.3) is 16.9 Å². The second-order valence-corrected chi connectivity index (χ2v) is 7.48. The monoisotopic (exact) mass is 453 g/mol. The van der Waals surface area contributed by atoms with Crippen molar-refractivity contribution in [2.45, 2.75) is 6.42 Å². The number of rotatable bonds is 7. The Morgan fingerprint density at radius 3 is 2.03 bits per heavy atom. The number of carbonyl (C=O) groups excluding carboxylic acids is 3. The number of hydrogen-bond acceptors (Lipinski definition) is 4. The number of para-hydroxylation sites is 1. The van der Waals surface area contributed by atoms with Crippen LogP contribution in [0.4, 0.5) is 0 Å². The minimum atomic E-state index is -0.550. The van der Waals surface area contributed by atoms with Gasteiger partial charge in [-0.3, -0.25) is 25.2 Å². The van der Waals surface area contributed by atoms with Crippen molar-refractivity contribution in [1.29, 1.82) is 0 Å². The molecule has 8 heteroatoms. The molecule has 8 nitrogen and oxygen atoms in total. The molecule has 3 amide bonds. The van der Waals surface area contributed by atoms with Crippen molar-refractivity contribution in [3.05, 3.63) is 108 Å². The zero-order chi connectivity index (χ0) is 23.8. The first-order valence-electron chi connectivity index (χ1n) is 10.7. The number of nitrogens with zero attached hydrogens (tertiary/aromatic N) is 2. The number of aromatic nitrogens is 2. The van der Waals surface area contributed by atoms with Gasteiger partial charge in [0.2, 0.25) is 5.91 Å². The highest BCUT2D eigenvalue weighted by atomic mass is 16.2. The lowest BCUT2D eigenvalue weighted by atomic mass is 10.1. The number of benzene rings is 3. The van der Waals surface area contributed by atoms with E-state index in [0.717, 1.165) is 16.8 Å². The SMILES string of the molecule is O=C(Cc1ccccc1)NCC(=O)NNC(=O)c1cn(-c2ccccc2)nc1-c1ccccc1. The molecule has 0 fully saturated rings. The lowest BCUT2D eigenvalue weighted by molar-refractivity contribution is -0.126. The number of carbonyl (C=O) groups is 3. The summed E-state index contributed by atoms with van der Waals surface area (Å²) in [5, 5.41) is 7.12. The summed E-state index contributed by atoms with van der Waals surface area (Å²) in [6.07, 6.45) is 1.78. The van der Waals surface area contributed by atoms with Gasteiger partial charge in [0.25, 0.3) is 11.8 Å². The Bertz CT molecular complexity index is 1270. The Kier molecular flexibility index (Phi) is 7.09. The van der Waals surface area contributed by atoms with Crippen molar-refractivity contribution in [3.8, 4) is 16.9 Å². The van der Waals surface area contributed by atoms with Crippen molar-refractivity contribution >= 4 is 17.7 Å². The Morgan fingerprint density at radius 2 is 1.35 bits per heavy atom. The predicted molar refractivity (Wildman–Crippen MR) is 128 cm³/mol. The predicted octanol–water partition coefficient (Wildman–Crippen LogP) is 2.66. The highest BCUT2D eigenvalue weighted by Crippen LogP contribution is 2.23. The molecule has 0 atom stereocenters. The van der Waals surface area contributed by atoms with E-state index in [-0.39, 0.29) is 18.9 Å². The fourth-order valence-electron chi connectivity index (χ4n) is 3.32. The summed E-state index contributed by atoms with van der Waals surface area (Å²) >= 11 is 0. The van der Waals surface area contributed by atoms with Crippen LogP contribution in [-0.4, -0.2) is 34.0 Å². The lowest BCUT2D eigenvalue weighted by Crippen LogP contribution is -2.46. The number of nitrogens with one attached hydrogen (secondary N) is 3. The van der Waals surface area contributed by atoms with Crippen molar-refractivity contribution in [2.75, 3.05) is 6.54 Å². The molecule has 1 aromatic heterocycles. The molecule has 0 aliphatic carbocycles. The maximum absolute atomic E-state index is 12.9. The summed E-state index contributed by atoms with van der Waals surface area (Å²) in [6, 6.07) is 27.9. The molecule has 0 aliphatic rings. The van der Waals surface area contributed by atoms with Crippen LogP contribution in [0, 0.1) is 0 Å². The van der Waals surface area contributed by atoms with E-state index >= 15 is 0 Å². The normalized spacial score (nSPS) is 10.4. The summed E-state index contributed by atoms with van der Waals surface area (Å²) in [5.41, 5.74) is 7.92. The third-order valence-electron chi connectivity index (χ3n) is 5.00. The van der Waals surface area contributed by atoms with Crippen LogP contribution < -0.4 is 16.2 Å². The molecule has 0 spiro atoms. The largest absolute Gasteiger partial charge is 0.347 e. The van der Waals surface area contributed by atoms with E-state index in [1.165, 1.54) is 0 Å². The topological polar surface area (TPSA) is 105 Å². The molecule has 0 unspecified atom stereocenters. The average Bonchev–Trinajstić information content (AvgIpc) is 3.33. The van der Waals surface area contributed by atoms with E-state index in [9.17, 15) is 14.4 Å². The van der Waals surface area contributed by atoms with Crippen LogP contribution in [0.3, 0.4) is 0 Å². The fourth-order valence-corrected chi connectivity index (χ4v) is 3.32. The Labute approximate surface area is 196 Å². The van der Waals surface area contributed by atoms with Gasteiger partial charge in [-0.05, 0) is 17.7 Å². The molecule has 0 saturated heterocycles. The molecular formula is C26H23N5O3. The van der Waals surface area contributed by atoms with Gasteiger partial charge in [0.1, 0.15) is 5.69 Å². The fraction of sp³-hybridized carbons (Fsp3) is 0.0769. The quantitative estimate of drug-likeness (QED) is 0.374. The molecular weight excluding hydrogens is 430 g/mol. The Morgan fingerprint density at radius 1 is 0.735 bits per heavy atom. The van der Waals surface area contributed by atoms with Crippen molar-refractivity contribution in [2.24, 2.45) is 0 Å². The van der Waals surface area contributed by atoms with Crippen LogP contribution in [0.1, 0.15) is 15.9 Å². The van der Waals surface area contributed by atoms with Crippen LogP contribution in [0.15, 0.2) is 97.2 Å². The van der Waals surface area contributed by atoms with Gasteiger partial charge in [-0.25, -0.2) is 4.68 Å². The molecule has 4 aromatic rings. The van der Waals surface area contributed by atoms with Gasteiger partial charge in [-0.15, -0.1) is 0 Å². The number of hydrogen-bond donors (Lipinski definition) is 3. The first-order valence-corrected chi connectivity index (χ1v) is 10.7. The molecule has 0 aliphatic heterocycles. The maximum Gasteiger partial charge on any atom is 0.273 e.